The topological polar surface area (TPSA) is 62.0 Å². The fraction of sp³-hybridized carbons (Fsp3) is 0.143. The Hall–Kier alpha value is -2.43. The van der Waals surface area contributed by atoms with Gasteiger partial charge in [0, 0.05) is 12.6 Å². The van der Waals surface area contributed by atoms with E-state index in [1.165, 1.54) is 24.4 Å². The van der Waals surface area contributed by atoms with E-state index in [4.69, 9.17) is 0 Å². The monoisotopic (exact) mass is 260 g/mol. The summed E-state index contributed by atoms with van der Waals surface area (Å²) >= 11 is 0. The third-order valence-corrected chi connectivity index (χ3v) is 2.62. The summed E-state index contributed by atoms with van der Waals surface area (Å²) in [7, 11) is 0. The van der Waals surface area contributed by atoms with Gasteiger partial charge in [-0.25, -0.2) is 4.39 Å². The van der Waals surface area contributed by atoms with Gasteiger partial charge in [-0.15, -0.1) is 0 Å². The molecular weight excluding hydrogens is 247 g/mol. The van der Waals surface area contributed by atoms with Crippen LogP contribution in [-0.4, -0.2) is 10.9 Å². The second-order valence-electron chi connectivity index (χ2n) is 4.09. The van der Waals surface area contributed by atoms with Gasteiger partial charge in [0.2, 0.25) is 5.91 Å². The highest BCUT2D eigenvalue weighted by Gasteiger charge is 2.05. The predicted octanol–water partition coefficient (Wildman–Crippen LogP) is 2.09. The molecule has 1 heterocycles. The maximum atomic E-state index is 12.9. The highest BCUT2D eigenvalue weighted by molar-refractivity contribution is 5.90. The van der Waals surface area contributed by atoms with Gasteiger partial charge in [0.25, 0.3) is 5.56 Å². The van der Waals surface area contributed by atoms with E-state index in [0.717, 1.165) is 5.56 Å². The van der Waals surface area contributed by atoms with E-state index in [1.807, 2.05) is 0 Å². The number of anilines is 1. The first-order valence-corrected chi connectivity index (χ1v) is 5.87. The molecule has 0 fully saturated rings. The van der Waals surface area contributed by atoms with Crippen LogP contribution in [0.5, 0.6) is 0 Å². The summed E-state index contributed by atoms with van der Waals surface area (Å²) in [5.74, 6) is -0.599. The molecule has 2 N–H and O–H groups in total. The number of benzene rings is 1. The van der Waals surface area contributed by atoms with Crippen molar-refractivity contribution in [2.75, 3.05) is 5.32 Å². The quantitative estimate of drug-likeness (QED) is 0.884. The summed E-state index contributed by atoms with van der Waals surface area (Å²) in [5, 5.41) is 2.52. The number of hydrogen-bond acceptors (Lipinski definition) is 2. The van der Waals surface area contributed by atoms with Crippen LogP contribution in [-0.2, 0) is 11.2 Å². The molecule has 4 nitrogen and oxygen atoms in total. The third-order valence-electron chi connectivity index (χ3n) is 2.62. The molecule has 0 aliphatic rings. The van der Waals surface area contributed by atoms with Crippen LogP contribution in [0.3, 0.4) is 0 Å². The lowest BCUT2D eigenvalue weighted by Crippen LogP contribution is -2.19. The van der Waals surface area contributed by atoms with E-state index in [9.17, 15) is 14.0 Å². The van der Waals surface area contributed by atoms with E-state index in [1.54, 1.807) is 18.2 Å². The van der Waals surface area contributed by atoms with Gasteiger partial charge < -0.3 is 10.3 Å². The molecule has 0 aliphatic carbocycles. The normalized spacial score (nSPS) is 10.2. The summed E-state index contributed by atoms with van der Waals surface area (Å²) in [6, 6.07) is 9.26. The van der Waals surface area contributed by atoms with Crippen molar-refractivity contribution in [2.24, 2.45) is 0 Å². The molecule has 2 rings (SSSR count). The van der Waals surface area contributed by atoms with Crippen molar-refractivity contribution in [1.82, 2.24) is 4.98 Å². The van der Waals surface area contributed by atoms with Crippen LogP contribution < -0.4 is 10.9 Å². The number of H-pyrrole nitrogens is 1. The van der Waals surface area contributed by atoms with E-state index in [-0.39, 0.29) is 29.4 Å². The van der Waals surface area contributed by atoms with Gasteiger partial charge in [0.05, 0.1) is 0 Å². The van der Waals surface area contributed by atoms with Crippen LogP contribution in [0.15, 0.2) is 47.4 Å². The summed E-state index contributed by atoms with van der Waals surface area (Å²) in [6.07, 6.45) is 2.11. The van der Waals surface area contributed by atoms with Crippen LogP contribution >= 0.6 is 0 Å². The van der Waals surface area contributed by atoms with E-state index in [0.29, 0.717) is 6.42 Å². The van der Waals surface area contributed by atoms with E-state index < -0.39 is 0 Å². The molecule has 0 atom stereocenters. The van der Waals surface area contributed by atoms with Crippen molar-refractivity contribution in [2.45, 2.75) is 12.8 Å². The lowest BCUT2D eigenvalue weighted by Gasteiger charge is -2.04. The van der Waals surface area contributed by atoms with Gasteiger partial charge >= 0.3 is 0 Å². The first-order chi connectivity index (χ1) is 9.15. The van der Waals surface area contributed by atoms with Crippen molar-refractivity contribution in [3.63, 3.8) is 0 Å². The number of halogens is 1. The Balaban J connectivity index is 1.92. The Bertz CT molecular complexity index is 637. The molecular formula is C14H13FN2O2. The largest absolute Gasteiger partial charge is 0.327 e. The smallest absolute Gasteiger partial charge is 0.271 e. The van der Waals surface area contributed by atoms with E-state index >= 15 is 0 Å². The van der Waals surface area contributed by atoms with Crippen molar-refractivity contribution in [3.8, 4) is 0 Å². The van der Waals surface area contributed by atoms with Crippen molar-refractivity contribution < 1.29 is 9.18 Å². The molecule has 0 saturated carbocycles. The minimum Gasteiger partial charge on any atom is -0.327 e. The van der Waals surface area contributed by atoms with Crippen LogP contribution in [0.25, 0.3) is 0 Å². The Morgan fingerprint density at radius 2 is 2.11 bits per heavy atom. The Kier molecular flexibility index (Phi) is 4.07. The lowest BCUT2D eigenvalue weighted by molar-refractivity contribution is -0.116. The standard InChI is InChI=1S/C14H13FN2O2/c15-11-4-1-3-10(9-11)6-7-13(18)17-12-5-2-8-16-14(12)19/h1-5,8-9H,6-7H2,(H,16,19)(H,17,18). The molecule has 98 valence electrons. The Morgan fingerprint density at radius 1 is 1.26 bits per heavy atom. The number of pyridine rings is 1. The van der Waals surface area contributed by atoms with Crippen molar-refractivity contribution in [1.29, 1.82) is 0 Å². The van der Waals surface area contributed by atoms with Gasteiger partial charge in [-0.2, -0.15) is 0 Å². The zero-order valence-corrected chi connectivity index (χ0v) is 10.2. The molecule has 1 aromatic carbocycles. The van der Waals surface area contributed by atoms with Crippen molar-refractivity contribution >= 4 is 11.6 Å². The van der Waals surface area contributed by atoms with Crippen LogP contribution in [0.2, 0.25) is 0 Å². The third kappa shape index (κ3) is 3.77. The SMILES string of the molecule is O=C(CCc1cccc(F)c1)Nc1ccc[nH]c1=O. The lowest BCUT2D eigenvalue weighted by atomic mass is 10.1. The molecule has 2 aromatic rings. The molecule has 0 spiro atoms. The number of nitrogens with one attached hydrogen (secondary N) is 2. The second-order valence-corrected chi connectivity index (χ2v) is 4.09. The fourth-order valence-corrected chi connectivity index (χ4v) is 1.68. The summed E-state index contributed by atoms with van der Waals surface area (Å²) in [4.78, 5) is 25.5. The zero-order chi connectivity index (χ0) is 13.7. The highest BCUT2D eigenvalue weighted by Crippen LogP contribution is 2.07. The number of rotatable bonds is 4. The molecule has 0 unspecified atom stereocenters. The summed E-state index contributed by atoms with van der Waals surface area (Å²) in [5.41, 5.74) is 0.616. The summed E-state index contributed by atoms with van der Waals surface area (Å²) in [6.45, 7) is 0. The Morgan fingerprint density at radius 3 is 2.84 bits per heavy atom. The number of aryl methyl sites for hydroxylation is 1. The average molecular weight is 260 g/mol. The van der Waals surface area contributed by atoms with Gasteiger partial charge in [-0.1, -0.05) is 12.1 Å². The number of carbonyl (C=O) groups excluding carboxylic acids is 1. The van der Waals surface area contributed by atoms with Crippen LogP contribution in [0, 0.1) is 5.82 Å². The molecule has 1 aromatic heterocycles. The van der Waals surface area contributed by atoms with E-state index in [2.05, 4.69) is 10.3 Å². The Labute approximate surface area is 109 Å². The maximum absolute atomic E-state index is 12.9. The number of amides is 1. The number of hydrogen-bond donors (Lipinski definition) is 2. The second kappa shape index (κ2) is 5.95. The van der Waals surface area contributed by atoms with Gasteiger partial charge in [-0.05, 0) is 36.2 Å². The van der Waals surface area contributed by atoms with Gasteiger partial charge in [0.15, 0.2) is 0 Å². The van der Waals surface area contributed by atoms with Gasteiger partial charge in [0.1, 0.15) is 11.5 Å². The number of carbonyl (C=O) groups is 1. The maximum Gasteiger partial charge on any atom is 0.271 e. The molecule has 5 heteroatoms. The highest BCUT2D eigenvalue weighted by atomic mass is 19.1. The fourth-order valence-electron chi connectivity index (χ4n) is 1.68. The number of aromatic nitrogens is 1. The molecule has 1 amide bonds. The number of aromatic amines is 1. The molecule has 0 bridgehead atoms. The minimum atomic E-state index is -0.346. The van der Waals surface area contributed by atoms with Gasteiger partial charge in [-0.3, -0.25) is 9.59 Å². The van der Waals surface area contributed by atoms with Crippen LogP contribution in [0.4, 0.5) is 10.1 Å². The van der Waals surface area contributed by atoms with Crippen LogP contribution in [0.1, 0.15) is 12.0 Å². The molecule has 19 heavy (non-hydrogen) atoms. The average Bonchev–Trinajstić information content (AvgIpc) is 2.39. The first-order valence-electron chi connectivity index (χ1n) is 5.87. The molecule has 0 aliphatic heterocycles. The molecule has 0 saturated heterocycles. The van der Waals surface area contributed by atoms with Crippen molar-refractivity contribution in [3.05, 3.63) is 64.3 Å². The minimum absolute atomic E-state index is 0.192. The molecule has 0 radical (unpaired) electrons. The summed E-state index contributed by atoms with van der Waals surface area (Å²) < 4.78 is 12.9. The first kappa shape index (κ1) is 13.0. The predicted molar refractivity (Wildman–Crippen MR) is 70.4 cm³/mol. The zero-order valence-electron chi connectivity index (χ0n) is 10.2.